The fraction of sp³-hybridized carbons (Fsp3) is 0.250. The van der Waals surface area contributed by atoms with Crippen LogP contribution in [0, 0.1) is 0 Å². The number of halogens is 1. The van der Waals surface area contributed by atoms with Crippen LogP contribution in [0.2, 0.25) is 5.15 Å². The molecule has 7 nitrogen and oxygen atoms in total. The van der Waals surface area contributed by atoms with Gasteiger partial charge < -0.3 is 5.32 Å². The maximum atomic E-state index is 6.08. The Labute approximate surface area is 119 Å². The van der Waals surface area contributed by atoms with Crippen molar-refractivity contribution in [3.63, 3.8) is 0 Å². The molecule has 20 heavy (non-hydrogen) atoms. The molecule has 0 unspecified atom stereocenters. The molecule has 0 aromatic carbocycles. The summed E-state index contributed by atoms with van der Waals surface area (Å²) in [6.07, 6.45) is 3.87. The second-order valence-electron chi connectivity index (χ2n) is 4.68. The van der Waals surface area contributed by atoms with Gasteiger partial charge in [0.25, 0.3) is 0 Å². The van der Waals surface area contributed by atoms with Crippen LogP contribution in [0.1, 0.15) is 24.6 Å². The second-order valence-corrected chi connectivity index (χ2v) is 5.07. The standard InChI is InChI=1S/C12H10ClN7/c13-9-6-8(15-10-2-1-5-14-16-10)12-18-17-11(7-3-4-7)20(12)19-9/h1-2,5-7H,3-4H2,(H,15,16). The van der Waals surface area contributed by atoms with Gasteiger partial charge in [-0.15, -0.1) is 15.3 Å². The topological polar surface area (TPSA) is 80.9 Å². The van der Waals surface area contributed by atoms with Crippen molar-refractivity contribution < 1.29 is 0 Å². The van der Waals surface area contributed by atoms with Gasteiger partial charge in [-0.05, 0) is 25.0 Å². The van der Waals surface area contributed by atoms with E-state index in [2.05, 4.69) is 30.8 Å². The van der Waals surface area contributed by atoms with E-state index in [9.17, 15) is 0 Å². The lowest BCUT2D eigenvalue weighted by Gasteiger charge is -2.06. The Hall–Kier alpha value is -2.28. The van der Waals surface area contributed by atoms with E-state index in [0.717, 1.165) is 18.7 Å². The third kappa shape index (κ3) is 1.96. The lowest BCUT2D eigenvalue weighted by atomic mass is 10.4. The van der Waals surface area contributed by atoms with Gasteiger partial charge in [-0.1, -0.05) is 11.6 Å². The molecule has 0 radical (unpaired) electrons. The van der Waals surface area contributed by atoms with E-state index in [1.165, 1.54) is 0 Å². The number of hydrogen-bond donors (Lipinski definition) is 1. The van der Waals surface area contributed by atoms with Crippen LogP contribution in [-0.2, 0) is 0 Å². The molecular weight excluding hydrogens is 278 g/mol. The van der Waals surface area contributed by atoms with Crippen LogP contribution in [0.4, 0.5) is 11.5 Å². The minimum atomic E-state index is 0.380. The summed E-state index contributed by atoms with van der Waals surface area (Å²) >= 11 is 6.08. The van der Waals surface area contributed by atoms with E-state index in [1.807, 2.05) is 6.07 Å². The van der Waals surface area contributed by atoms with Crippen molar-refractivity contribution >= 4 is 28.8 Å². The van der Waals surface area contributed by atoms with Crippen LogP contribution >= 0.6 is 11.6 Å². The van der Waals surface area contributed by atoms with E-state index in [1.54, 1.807) is 22.8 Å². The van der Waals surface area contributed by atoms with Gasteiger partial charge in [0.2, 0.25) is 5.65 Å². The van der Waals surface area contributed by atoms with Gasteiger partial charge in [-0.3, -0.25) is 0 Å². The number of hydrogen-bond acceptors (Lipinski definition) is 6. The van der Waals surface area contributed by atoms with Crippen LogP contribution < -0.4 is 5.32 Å². The average Bonchev–Trinajstić information content (AvgIpc) is 3.20. The quantitative estimate of drug-likeness (QED) is 0.795. The molecule has 100 valence electrons. The van der Waals surface area contributed by atoms with Crippen molar-refractivity contribution in [1.82, 2.24) is 30.0 Å². The zero-order valence-corrected chi connectivity index (χ0v) is 11.1. The Morgan fingerprint density at radius 3 is 2.90 bits per heavy atom. The number of fused-ring (bicyclic) bond motifs is 1. The van der Waals surface area contributed by atoms with Crippen LogP contribution in [0.5, 0.6) is 0 Å². The van der Waals surface area contributed by atoms with E-state index in [0.29, 0.717) is 28.2 Å². The van der Waals surface area contributed by atoms with Crippen molar-refractivity contribution in [2.75, 3.05) is 5.32 Å². The van der Waals surface area contributed by atoms with Gasteiger partial charge in [-0.25, -0.2) is 0 Å². The van der Waals surface area contributed by atoms with Crippen molar-refractivity contribution in [2.24, 2.45) is 0 Å². The predicted molar refractivity (Wildman–Crippen MR) is 73.1 cm³/mol. The van der Waals surface area contributed by atoms with E-state index in [-0.39, 0.29) is 0 Å². The molecule has 0 bridgehead atoms. The minimum absolute atomic E-state index is 0.380. The van der Waals surface area contributed by atoms with Crippen molar-refractivity contribution in [3.05, 3.63) is 35.4 Å². The van der Waals surface area contributed by atoms with Crippen molar-refractivity contribution in [3.8, 4) is 0 Å². The van der Waals surface area contributed by atoms with Crippen LogP contribution in [0.25, 0.3) is 5.65 Å². The zero-order chi connectivity index (χ0) is 13.5. The number of aromatic nitrogens is 6. The van der Waals surface area contributed by atoms with Gasteiger partial charge in [0.15, 0.2) is 16.8 Å². The first-order chi connectivity index (χ1) is 9.81. The van der Waals surface area contributed by atoms with Crippen LogP contribution in [0.3, 0.4) is 0 Å². The molecule has 3 aromatic heterocycles. The highest BCUT2D eigenvalue weighted by Gasteiger charge is 2.30. The third-order valence-electron chi connectivity index (χ3n) is 3.14. The summed E-state index contributed by atoms with van der Waals surface area (Å²) in [5.41, 5.74) is 1.35. The molecule has 1 aliphatic carbocycles. The van der Waals surface area contributed by atoms with E-state index >= 15 is 0 Å². The fourth-order valence-electron chi connectivity index (χ4n) is 2.06. The summed E-state index contributed by atoms with van der Waals surface area (Å²) in [4.78, 5) is 0. The van der Waals surface area contributed by atoms with Crippen LogP contribution in [0.15, 0.2) is 24.4 Å². The summed E-state index contributed by atoms with van der Waals surface area (Å²) in [5.74, 6) is 1.93. The van der Waals surface area contributed by atoms with Crippen molar-refractivity contribution in [1.29, 1.82) is 0 Å². The molecule has 0 amide bonds. The highest BCUT2D eigenvalue weighted by atomic mass is 35.5. The molecule has 1 N–H and O–H groups in total. The van der Waals surface area contributed by atoms with Gasteiger partial charge in [0, 0.05) is 18.2 Å². The third-order valence-corrected chi connectivity index (χ3v) is 3.33. The molecule has 1 fully saturated rings. The van der Waals surface area contributed by atoms with E-state index in [4.69, 9.17) is 11.6 Å². The van der Waals surface area contributed by atoms with Gasteiger partial charge >= 0.3 is 0 Å². The Balaban J connectivity index is 1.82. The smallest absolute Gasteiger partial charge is 0.201 e. The van der Waals surface area contributed by atoms with E-state index < -0.39 is 0 Å². The first-order valence-corrected chi connectivity index (χ1v) is 6.65. The molecule has 0 aliphatic heterocycles. The molecule has 0 saturated heterocycles. The average molecular weight is 288 g/mol. The Kier molecular flexibility index (Phi) is 2.53. The van der Waals surface area contributed by atoms with Crippen LogP contribution in [-0.4, -0.2) is 30.0 Å². The monoisotopic (exact) mass is 287 g/mol. The lowest BCUT2D eigenvalue weighted by Crippen LogP contribution is -2.02. The maximum absolute atomic E-state index is 6.08. The summed E-state index contributed by atoms with van der Waals surface area (Å²) < 4.78 is 1.71. The number of rotatable bonds is 3. The number of nitrogens with zero attached hydrogens (tertiary/aromatic N) is 6. The molecule has 0 atom stereocenters. The first kappa shape index (κ1) is 11.5. The highest BCUT2D eigenvalue weighted by molar-refractivity contribution is 6.29. The fourth-order valence-corrected chi connectivity index (χ4v) is 2.25. The molecule has 1 saturated carbocycles. The summed E-state index contributed by atoms with van der Waals surface area (Å²) in [6.45, 7) is 0. The molecule has 4 rings (SSSR count). The molecular formula is C12H10ClN7. The molecule has 3 heterocycles. The van der Waals surface area contributed by atoms with Gasteiger partial charge in [0.1, 0.15) is 0 Å². The van der Waals surface area contributed by atoms with Gasteiger partial charge in [-0.2, -0.15) is 14.7 Å². The maximum Gasteiger partial charge on any atom is 0.201 e. The summed E-state index contributed by atoms with van der Waals surface area (Å²) in [7, 11) is 0. The minimum Gasteiger partial charge on any atom is -0.336 e. The lowest BCUT2D eigenvalue weighted by molar-refractivity contribution is 0.815. The van der Waals surface area contributed by atoms with Gasteiger partial charge in [0.05, 0.1) is 5.69 Å². The normalized spacial score (nSPS) is 14.7. The molecule has 1 aliphatic rings. The number of nitrogens with one attached hydrogen (secondary N) is 1. The summed E-state index contributed by atoms with van der Waals surface area (Å²) in [6, 6.07) is 5.32. The zero-order valence-electron chi connectivity index (χ0n) is 10.4. The second kappa shape index (κ2) is 4.38. The first-order valence-electron chi connectivity index (χ1n) is 6.28. The number of anilines is 2. The largest absolute Gasteiger partial charge is 0.336 e. The Morgan fingerprint density at radius 1 is 1.25 bits per heavy atom. The molecule has 0 spiro atoms. The Bertz CT molecular complexity index is 766. The van der Waals surface area contributed by atoms with Crippen molar-refractivity contribution in [2.45, 2.75) is 18.8 Å². The Morgan fingerprint density at radius 2 is 2.15 bits per heavy atom. The molecule has 3 aromatic rings. The summed E-state index contributed by atoms with van der Waals surface area (Å²) in [5, 5.41) is 24.0. The predicted octanol–water partition coefficient (Wildman–Crippen LogP) is 2.19. The SMILES string of the molecule is Clc1cc(Nc2cccnn2)c2nnc(C3CC3)n2n1. The molecule has 8 heteroatoms. The highest BCUT2D eigenvalue weighted by Crippen LogP contribution is 2.39.